The van der Waals surface area contributed by atoms with Crippen molar-refractivity contribution in [1.29, 1.82) is 0 Å². The van der Waals surface area contributed by atoms with Crippen molar-refractivity contribution in [3.63, 3.8) is 0 Å². The first-order valence-electron chi connectivity index (χ1n) is 12.3. The molecule has 4 aromatic rings. The van der Waals surface area contributed by atoms with E-state index in [1.165, 1.54) is 60.7 Å². The van der Waals surface area contributed by atoms with Gasteiger partial charge in [-0.05, 0) is 37.1 Å². The zero-order valence-corrected chi connectivity index (χ0v) is 25.3. The van der Waals surface area contributed by atoms with Gasteiger partial charge >= 0.3 is 0 Å². The molecule has 0 saturated heterocycles. The Hall–Kier alpha value is -3.94. The average Bonchev–Trinajstić information content (AvgIpc) is 3.66. The van der Waals surface area contributed by atoms with Gasteiger partial charge in [-0.1, -0.05) is 53.4 Å². The lowest BCUT2D eigenvalue weighted by molar-refractivity contribution is -0.117. The molecule has 3 heterocycles. The number of thiazole rings is 1. The zero-order valence-electron chi connectivity index (χ0n) is 22.8. The second-order valence-corrected chi connectivity index (χ2v) is 12.3. The van der Waals surface area contributed by atoms with Crippen molar-refractivity contribution in [2.75, 3.05) is 26.2 Å². The summed E-state index contributed by atoms with van der Waals surface area (Å²) in [6, 6.07) is 12.2. The number of benzene rings is 2. The molecule has 0 bridgehead atoms. The van der Waals surface area contributed by atoms with E-state index in [-0.39, 0.29) is 10.7 Å². The number of aromatic nitrogens is 3. The summed E-state index contributed by atoms with van der Waals surface area (Å²) in [5, 5.41) is 20.7. The van der Waals surface area contributed by atoms with E-state index in [4.69, 9.17) is 14.2 Å². The first-order chi connectivity index (χ1) is 19.8. The number of Topliss-reactive ketones (excluding diaryl/α,β-unsaturated/α-hetero) is 1. The first kappa shape index (κ1) is 28.6. The Kier molecular flexibility index (Phi) is 8.29. The van der Waals surface area contributed by atoms with Crippen molar-refractivity contribution >= 4 is 51.3 Å². The van der Waals surface area contributed by atoms with E-state index in [9.17, 15) is 14.7 Å². The molecular formula is C28H26N4O6S3. The number of ketones is 1. The maximum atomic E-state index is 13.9. The standard InChI is InChI=1S/C28H26N4O6S3/c1-14-25(40-15(2)29-14)22(33)20-21(17-11-18(36-3)24(38-5)19(12-17)37-4)32(26(35)23(20)34)27-30-31-28(41-27)39-13-16-9-7-6-8-10-16/h6-12,21,34H,13H2,1-5H3. The highest BCUT2D eigenvalue weighted by Crippen LogP contribution is 2.48. The number of amides is 1. The van der Waals surface area contributed by atoms with E-state index in [0.29, 0.717) is 48.5 Å². The molecule has 13 heteroatoms. The van der Waals surface area contributed by atoms with Crippen LogP contribution in [0.2, 0.25) is 0 Å². The van der Waals surface area contributed by atoms with Crippen LogP contribution >= 0.6 is 34.4 Å². The van der Waals surface area contributed by atoms with Gasteiger partial charge < -0.3 is 19.3 Å². The number of thioether (sulfide) groups is 1. The topological polar surface area (TPSA) is 124 Å². The van der Waals surface area contributed by atoms with Crippen molar-refractivity contribution in [2.24, 2.45) is 0 Å². The summed E-state index contributed by atoms with van der Waals surface area (Å²) in [6.45, 7) is 3.51. The molecule has 1 amide bonds. The van der Waals surface area contributed by atoms with Crippen molar-refractivity contribution < 1.29 is 28.9 Å². The fourth-order valence-electron chi connectivity index (χ4n) is 4.55. The van der Waals surface area contributed by atoms with Crippen LogP contribution in [0.3, 0.4) is 0 Å². The summed E-state index contributed by atoms with van der Waals surface area (Å²) in [7, 11) is 4.43. The second kappa shape index (κ2) is 11.9. The molecule has 41 heavy (non-hydrogen) atoms. The maximum absolute atomic E-state index is 13.9. The minimum absolute atomic E-state index is 0.0929. The molecule has 212 valence electrons. The lowest BCUT2D eigenvalue weighted by Gasteiger charge is -2.25. The summed E-state index contributed by atoms with van der Waals surface area (Å²) >= 11 is 3.88. The van der Waals surface area contributed by atoms with Crippen LogP contribution < -0.4 is 19.1 Å². The van der Waals surface area contributed by atoms with Crippen LogP contribution in [0.25, 0.3) is 0 Å². The predicted molar refractivity (Wildman–Crippen MR) is 158 cm³/mol. The monoisotopic (exact) mass is 610 g/mol. The van der Waals surface area contributed by atoms with Crippen molar-refractivity contribution in [1.82, 2.24) is 15.2 Å². The number of carbonyl (C=O) groups excluding carboxylic acids is 2. The van der Waals surface area contributed by atoms with Crippen LogP contribution in [-0.2, 0) is 10.5 Å². The molecular weight excluding hydrogens is 585 g/mol. The van der Waals surface area contributed by atoms with E-state index in [1.807, 2.05) is 30.3 Å². The van der Waals surface area contributed by atoms with Gasteiger partial charge in [-0.3, -0.25) is 14.5 Å². The smallest absolute Gasteiger partial charge is 0.296 e. The molecule has 0 spiro atoms. The number of aliphatic hydroxyl groups excluding tert-OH is 1. The largest absolute Gasteiger partial charge is 0.503 e. The highest BCUT2D eigenvalue weighted by Gasteiger charge is 2.47. The van der Waals surface area contributed by atoms with Gasteiger partial charge in [0.15, 0.2) is 21.6 Å². The predicted octanol–water partition coefficient (Wildman–Crippen LogP) is 5.71. The fraction of sp³-hybridized carbons (Fsp3) is 0.250. The molecule has 0 saturated carbocycles. The van der Waals surface area contributed by atoms with Crippen LogP contribution in [0.5, 0.6) is 17.2 Å². The summed E-state index contributed by atoms with van der Waals surface area (Å²) in [6.07, 6.45) is 0. The number of aryl methyl sites for hydroxylation is 2. The van der Waals surface area contributed by atoms with E-state index >= 15 is 0 Å². The number of methoxy groups -OCH3 is 3. The van der Waals surface area contributed by atoms with Crippen LogP contribution in [0.4, 0.5) is 5.13 Å². The van der Waals surface area contributed by atoms with E-state index in [0.717, 1.165) is 5.56 Å². The Labute approximate surface area is 248 Å². The zero-order chi connectivity index (χ0) is 29.3. The Balaban J connectivity index is 1.60. The van der Waals surface area contributed by atoms with E-state index < -0.39 is 23.5 Å². The number of hydrogen-bond acceptors (Lipinski definition) is 12. The fourth-order valence-corrected chi connectivity index (χ4v) is 7.25. The van der Waals surface area contributed by atoms with Crippen molar-refractivity contribution in [2.45, 2.75) is 30.0 Å². The van der Waals surface area contributed by atoms with Gasteiger partial charge in [0.2, 0.25) is 16.7 Å². The van der Waals surface area contributed by atoms with Crippen LogP contribution in [0, 0.1) is 13.8 Å². The molecule has 1 aliphatic heterocycles. The SMILES string of the molecule is COc1cc(C2C(C(=O)c3sc(C)nc3C)=C(O)C(=O)N2c2nnc(SCc3ccccc3)s2)cc(OC)c1OC. The average molecular weight is 611 g/mol. The number of anilines is 1. The number of nitrogens with zero attached hydrogens (tertiary/aromatic N) is 4. The van der Waals surface area contributed by atoms with Gasteiger partial charge in [-0.15, -0.1) is 21.5 Å². The van der Waals surface area contributed by atoms with E-state index in [1.54, 1.807) is 26.0 Å². The van der Waals surface area contributed by atoms with Gasteiger partial charge in [-0.2, -0.15) is 0 Å². The lowest BCUT2D eigenvalue weighted by atomic mass is 9.94. The van der Waals surface area contributed by atoms with Crippen molar-refractivity contribution in [3.05, 3.63) is 80.5 Å². The third-order valence-electron chi connectivity index (χ3n) is 6.37. The Bertz CT molecular complexity index is 1620. The molecule has 0 fully saturated rings. The van der Waals surface area contributed by atoms with Gasteiger partial charge in [-0.25, -0.2) is 4.98 Å². The normalized spacial score (nSPS) is 15.0. The molecule has 0 aliphatic carbocycles. The second-order valence-electron chi connectivity index (χ2n) is 8.90. The molecule has 1 atom stereocenters. The lowest BCUT2D eigenvalue weighted by Crippen LogP contribution is -2.31. The summed E-state index contributed by atoms with van der Waals surface area (Å²) in [4.78, 5) is 33.6. The van der Waals surface area contributed by atoms with Gasteiger partial charge in [0.25, 0.3) is 5.91 Å². The van der Waals surface area contributed by atoms with Crippen molar-refractivity contribution in [3.8, 4) is 17.2 Å². The molecule has 10 nitrogen and oxygen atoms in total. The minimum atomic E-state index is -1.05. The number of aliphatic hydroxyl groups is 1. The number of rotatable bonds is 10. The Morgan fingerprint density at radius 1 is 1.02 bits per heavy atom. The minimum Gasteiger partial charge on any atom is -0.503 e. The molecule has 1 aliphatic rings. The molecule has 2 aromatic carbocycles. The van der Waals surface area contributed by atoms with Crippen LogP contribution in [-0.4, -0.2) is 53.3 Å². The van der Waals surface area contributed by atoms with Gasteiger partial charge in [0.1, 0.15) is 0 Å². The quantitative estimate of drug-likeness (QED) is 0.136. The van der Waals surface area contributed by atoms with E-state index in [2.05, 4.69) is 15.2 Å². The molecule has 1 unspecified atom stereocenters. The number of carbonyl (C=O) groups is 2. The number of hydrogen-bond donors (Lipinski definition) is 1. The highest BCUT2D eigenvalue weighted by molar-refractivity contribution is 8.00. The Morgan fingerprint density at radius 3 is 2.29 bits per heavy atom. The molecule has 2 aromatic heterocycles. The first-order valence-corrected chi connectivity index (χ1v) is 14.9. The van der Waals surface area contributed by atoms with Crippen LogP contribution in [0.15, 0.2) is 58.1 Å². The number of ether oxygens (including phenoxy) is 3. The van der Waals surface area contributed by atoms with Gasteiger partial charge in [0.05, 0.1) is 48.5 Å². The van der Waals surface area contributed by atoms with Crippen LogP contribution in [0.1, 0.15) is 37.5 Å². The highest BCUT2D eigenvalue weighted by atomic mass is 32.2. The summed E-state index contributed by atoms with van der Waals surface area (Å²) in [5.41, 5.74) is 1.99. The summed E-state index contributed by atoms with van der Waals surface area (Å²) in [5.74, 6) is -0.253. The summed E-state index contributed by atoms with van der Waals surface area (Å²) < 4.78 is 17.2. The maximum Gasteiger partial charge on any atom is 0.296 e. The third kappa shape index (κ3) is 5.39. The molecule has 1 N–H and O–H groups in total. The third-order valence-corrected chi connectivity index (χ3v) is 9.57. The van der Waals surface area contributed by atoms with Gasteiger partial charge in [0, 0.05) is 5.75 Å². The Morgan fingerprint density at radius 2 is 1.71 bits per heavy atom. The molecule has 5 rings (SSSR count). The molecule has 0 radical (unpaired) electrons.